The van der Waals surface area contributed by atoms with Crippen LogP contribution in [-0.4, -0.2) is 31.3 Å². The number of rotatable bonds is 6. The molecule has 0 aliphatic rings. The van der Waals surface area contributed by atoms with Crippen molar-refractivity contribution in [3.8, 4) is 0 Å². The molecule has 0 aromatic carbocycles. The summed E-state index contributed by atoms with van der Waals surface area (Å²) in [5.41, 5.74) is 5.80. The SMILES string of the molecule is CCC(CC)C(N)CNC(=O)NCC(F)(F)F. The van der Waals surface area contributed by atoms with Gasteiger partial charge in [-0.2, -0.15) is 13.2 Å². The smallest absolute Gasteiger partial charge is 0.337 e. The molecule has 0 aromatic rings. The summed E-state index contributed by atoms with van der Waals surface area (Å²) >= 11 is 0. The van der Waals surface area contributed by atoms with Gasteiger partial charge in [0.25, 0.3) is 0 Å². The van der Waals surface area contributed by atoms with Gasteiger partial charge in [-0.1, -0.05) is 26.7 Å². The van der Waals surface area contributed by atoms with Crippen molar-refractivity contribution in [2.45, 2.75) is 38.9 Å². The van der Waals surface area contributed by atoms with Gasteiger partial charge in [0, 0.05) is 12.6 Å². The van der Waals surface area contributed by atoms with E-state index in [1.807, 2.05) is 13.8 Å². The summed E-state index contributed by atoms with van der Waals surface area (Å²) in [6.07, 6.45) is -2.64. The van der Waals surface area contributed by atoms with E-state index in [0.29, 0.717) is 0 Å². The maximum atomic E-state index is 11.8. The first-order valence-corrected chi connectivity index (χ1v) is 5.64. The summed E-state index contributed by atoms with van der Waals surface area (Å²) in [4.78, 5) is 11.0. The first-order chi connectivity index (χ1) is 7.80. The zero-order valence-corrected chi connectivity index (χ0v) is 10.1. The largest absolute Gasteiger partial charge is 0.405 e. The van der Waals surface area contributed by atoms with Crippen LogP contribution in [0.25, 0.3) is 0 Å². The fourth-order valence-electron chi connectivity index (χ4n) is 1.51. The minimum Gasteiger partial charge on any atom is -0.337 e. The molecule has 0 spiro atoms. The number of urea groups is 1. The Morgan fingerprint density at radius 2 is 1.76 bits per heavy atom. The summed E-state index contributed by atoms with van der Waals surface area (Å²) in [6.45, 7) is 2.81. The van der Waals surface area contributed by atoms with Crippen molar-refractivity contribution in [3.05, 3.63) is 0 Å². The van der Waals surface area contributed by atoms with Crippen LogP contribution in [0.4, 0.5) is 18.0 Å². The molecule has 102 valence electrons. The van der Waals surface area contributed by atoms with Crippen LogP contribution in [0.5, 0.6) is 0 Å². The predicted molar refractivity (Wildman–Crippen MR) is 59.5 cm³/mol. The molecule has 0 rings (SSSR count). The Hall–Kier alpha value is -0.980. The average molecular weight is 255 g/mol. The van der Waals surface area contributed by atoms with Crippen molar-refractivity contribution >= 4 is 6.03 Å². The molecule has 17 heavy (non-hydrogen) atoms. The number of hydrogen-bond donors (Lipinski definition) is 3. The summed E-state index contributed by atoms with van der Waals surface area (Å²) in [5.74, 6) is 0.262. The lowest BCUT2D eigenvalue weighted by Gasteiger charge is -2.21. The van der Waals surface area contributed by atoms with Crippen LogP contribution in [0.1, 0.15) is 26.7 Å². The van der Waals surface area contributed by atoms with E-state index in [9.17, 15) is 18.0 Å². The first-order valence-electron chi connectivity index (χ1n) is 5.64. The molecule has 4 N–H and O–H groups in total. The second-order valence-corrected chi connectivity index (χ2v) is 3.92. The van der Waals surface area contributed by atoms with Gasteiger partial charge >= 0.3 is 12.2 Å². The lowest BCUT2D eigenvalue weighted by atomic mass is 9.95. The van der Waals surface area contributed by atoms with Gasteiger partial charge in [-0.15, -0.1) is 0 Å². The molecule has 4 nitrogen and oxygen atoms in total. The Morgan fingerprint density at radius 3 is 2.18 bits per heavy atom. The predicted octanol–water partition coefficient (Wildman–Crippen LogP) is 1.61. The molecular formula is C10H20F3N3O. The third-order valence-corrected chi connectivity index (χ3v) is 2.60. The molecule has 1 atom stereocenters. The quantitative estimate of drug-likeness (QED) is 0.675. The summed E-state index contributed by atoms with van der Waals surface area (Å²) in [5, 5.41) is 4.05. The molecule has 7 heteroatoms. The third-order valence-electron chi connectivity index (χ3n) is 2.60. The highest BCUT2D eigenvalue weighted by Gasteiger charge is 2.27. The Kier molecular flexibility index (Phi) is 6.94. The van der Waals surface area contributed by atoms with Crippen LogP contribution in [0, 0.1) is 5.92 Å². The fourth-order valence-corrected chi connectivity index (χ4v) is 1.51. The Bertz CT molecular complexity index is 229. The van der Waals surface area contributed by atoms with E-state index in [1.54, 1.807) is 5.32 Å². The van der Waals surface area contributed by atoms with E-state index in [-0.39, 0.29) is 18.5 Å². The second-order valence-electron chi connectivity index (χ2n) is 3.92. The topological polar surface area (TPSA) is 67.1 Å². The van der Waals surface area contributed by atoms with Crippen LogP contribution in [0.3, 0.4) is 0 Å². The van der Waals surface area contributed by atoms with Crippen LogP contribution in [0.2, 0.25) is 0 Å². The lowest BCUT2D eigenvalue weighted by Crippen LogP contribution is -2.47. The lowest BCUT2D eigenvalue weighted by molar-refractivity contribution is -0.122. The van der Waals surface area contributed by atoms with Crippen molar-refractivity contribution < 1.29 is 18.0 Å². The van der Waals surface area contributed by atoms with E-state index in [0.717, 1.165) is 12.8 Å². The second kappa shape index (κ2) is 7.37. The molecule has 0 aromatic heterocycles. The zero-order valence-electron chi connectivity index (χ0n) is 10.1. The maximum Gasteiger partial charge on any atom is 0.405 e. The summed E-state index contributed by atoms with van der Waals surface area (Å²) in [6, 6.07) is -1.08. The van der Waals surface area contributed by atoms with Gasteiger partial charge in [-0.25, -0.2) is 4.79 Å². The van der Waals surface area contributed by atoms with Crippen molar-refractivity contribution in [1.29, 1.82) is 0 Å². The first kappa shape index (κ1) is 16.0. The number of hydrogen-bond acceptors (Lipinski definition) is 2. The minimum atomic E-state index is -4.39. The van der Waals surface area contributed by atoms with Gasteiger partial charge in [-0.3, -0.25) is 0 Å². The minimum absolute atomic E-state index is 0.177. The van der Waals surface area contributed by atoms with E-state index < -0.39 is 18.8 Å². The molecule has 0 saturated heterocycles. The van der Waals surface area contributed by atoms with Gasteiger partial charge in [0.15, 0.2) is 0 Å². The highest BCUT2D eigenvalue weighted by Crippen LogP contribution is 2.12. The van der Waals surface area contributed by atoms with Gasteiger partial charge in [-0.05, 0) is 5.92 Å². The van der Waals surface area contributed by atoms with Gasteiger partial charge in [0.1, 0.15) is 6.54 Å². The molecule has 0 bridgehead atoms. The highest BCUT2D eigenvalue weighted by atomic mass is 19.4. The Morgan fingerprint density at radius 1 is 1.24 bits per heavy atom. The van der Waals surface area contributed by atoms with Crippen LogP contribution in [-0.2, 0) is 0 Å². The average Bonchev–Trinajstić information content (AvgIpc) is 2.24. The van der Waals surface area contributed by atoms with Gasteiger partial charge in [0.2, 0.25) is 0 Å². The molecular weight excluding hydrogens is 235 g/mol. The number of nitrogens with one attached hydrogen (secondary N) is 2. The molecule has 2 amide bonds. The van der Waals surface area contributed by atoms with Gasteiger partial charge in [0.05, 0.1) is 0 Å². The van der Waals surface area contributed by atoms with Crippen molar-refractivity contribution in [2.24, 2.45) is 11.7 Å². The number of nitrogens with two attached hydrogens (primary N) is 1. The maximum absolute atomic E-state index is 11.8. The number of alkyl halides is 3. The van der Waals surface area contributed by atoms with Crippen molar-refractivity contribution in [3.63, 3.8) is 0 Å². The molecule has 0 radical (unpaired) electrons. The number of carbonyl (C=O) groups is 1. The van der Waals surface area contributed by atoms with E-state index in [1.165, 1.54) is 0 Å². The number of halogens is 3. The van der Waals surface area contributed by atoms with E-state index in [4.69, 9.17) is 5.73 Å². The molecule has 0 saturated carbocycles. The van der Waals surface area contributed by atoms with Crippen LogP contribution in [0.15, 0.2) is 0 Å². The molecule has 1 unspecified atom stereocenters. The number of carbonyl (C=O) groups excluding carboxylic acids is 1. The van der Waals surface area contributed by atoms with E-state index >= 15 is 0 Å². The summed E-state index contributed by atoms with van der Waals surface area (Å²) in [7, 11) is 0. The molecule has 0 fully saturated rings. The molecule has 0 aliphatic carbocycles. The summed E-state index contributed by atoms with van der Waals surface area (Å²) < 4.78 is 35.4. The number of amides is 2. The highest BCUT2D eigenvalue weighted by molar-refractivity contribution is 5.73. The Balaban J connectivity index is 3.84. The third kappa shape index (κ3) is 7.84. The van der Waals surface area contributed by atoms with Crippen LogP contribution >= 0.6 is 0 Å². The fraction of sp³-hybridized carbons (Fsp3) is 0.900. The van der Waals surface area contributed by atoms with Crippen molar-refractivity contribution in [2.75, 3.05) is 13.1 Å². The molecule has 0 heterocycles. The monoisotopic (exact) mass is 255 g/mol. The van der Waals surface area contributed by atoms with Gasteiger partial charge < -0.3 is 16.4 Å². The van der Waals surface area contributed by atoms with E-state index in [2.05, 4.69) is 5.32 Å². The Labute approximate surface area is 99.1 Å². The normalized spacial score (nSPS) is 13.6. The van der Waals surface area contributed by atoms with Crippen molar-refractivity contribution in [1.82, 2.24) is 10.6 Å². The standard InChI is InChI=1S/C10H20F3N3O/c1-3-7(4-2)8(14)5-15-9(17)16-6-10(11,12)13/h7-8H,3-6,14H2,1-2H3,(H2,15,16,17). The molecule has 0 aliphatic heterocycles. The zero-order chi connectivity index (χ0) is 13.5. The van der Waals surface area contributed by atoms with Crippen LogP contribution < -0.4 is 16.4 Å².